The minimum atomic E-state index is -2.38. The Labute approximate surface area is 222 Å². The highest BCUT2D eigenvalue weighted by Gasteiger charge is 2.64. The maximum atomic E-state index is 13.8. The number of thioether (sulfide) groups is 1. The van der Waals surface area contributed by atoms with Crippen LogP contribution in [0, 0.1) is 0 Å². The third-order valence-electron chi connectivity index (χ3n) is 7.15. The molecule has 37 heavy (non-hydrogen) atoms. The maximum Gasteiger partial charge on any atom is 0.330 e. The minimum Gasteiger partial charge on any atom is -0.467 e. The Hall–Kier alpha value is -3.15. The summed E-state index contributed by atoms with van der Waals surface area (Å²) < 4.78 is 4.46. The molecule has 2 aliphatic heterocycles. The van der Waals surface area contributed by atoms with Crippen molar-refractivity contribution in [1.29, 1.82) is 0 Å². The summed E-state index contributed by atoms with van der Waals surface area (Å²) in [6.45, 7) is 3.86. The SMILES string of the molecule is COC(=O)[C@@H]1N2C(=O)[C@@H](NC(=O)C[P+](c3ccccc3)(c3ccccc3)c3ccccc3)[C@H]2SC1(C)C. The van der Waals surface area contributed by atoms with Crippen LogP contribution in [0.5, 0.6) is 0 Å². The summed E-state index contributed by atoms with van der Waals surface area (Å²) in [4.78, 5) is 41.0. The van der Waals surface area contributed by atoms with Gasteiger partial charge in [0, 0.05) is 4.75 Å². The zero-order valence-corrected chi connectivity index (χ0v) is 22.7. The number of nitrogens with zero attached hydrogens (tertiary/aromatic N) is 1. The minimum absolute atomic E-state index is 0.178. The predicted molar refractivity (Wildman–Crippen MR) is 150 cm³/mol. The van der Waals surface area contributed by atoms with Gasteiger partial charge < -0.3 is 15.0 Å². The molecular formula is C29H30N2O4PS+. The van der Waals surface area contributed by atoms with Crippen molar-refractivity contribution in [1.82, 2.24) is 10.2 Å². The van der Waals surface area contributed by atoms with Crippen molar-refractivity contribution in [3.05, 3.63) is 91.0 Å². The van der Waals surface area contributed by atoms with Crippen molar-refractivity contribution in [2.75, 3.05) is 13.3 Å². The number of hydrogen-bond acceptors (Lipinski definition) is 5. The molecule has 3 aromatic rings. The summed E-state index contributed by atoms with van der Waals surface area (Å²) in [6, 6.07) is 29.2. The first-order valence-electron chi connectivity index (χ1n) is 12.2. The van der Waals surface area contributed by atoms with E-state index in [0.717, 1.165) is 15.9 Å². The van der Waals surface area contributed by atoms with Crippen LogP contribution in [0.1, 0.15) is 13.8 Å². The van der Waals surface area contributed by atoms with E-state index < -0.39 is 30.1 Å². The van der Waals surface area contributed by atoms with E-state index in [4.69, 9.17) is 4.74 Å². The van der Waals surface area contributed by atoms with E-state index >= 15 is 0 Å². The molecule has 0 saturated carbocycles. The van der Waals surface area contributed by atoms with E-state index in [2.05, 4.69) is 41.7 Å². The standard InChI is InChI=1S/C29H29N2O4PS/c1-29(2)25(28(34)35-3)31-26(33)24(27(31)37-29)30-23(32)19-36(20-13-7-4-8-14-20,21-15-9-5-10-16-21)22-17-11-6-12-18-22/h4-18,24-25,27H,19H2,1-3H3/p+1/t24-,25+,27-/m1/s1. The Balaban J connectivity index is 1.48. The number of carbonyl (C=O) groups excluding carboxylic acids is 3. The highest BCUT2D eigenvalue weighted by atomic mass is 32.2. The molecular weight excluding hydrogens is 503 g/mol. The van der Waals surface area contributed by atoms with Crippen molar-refractivity contribution in [3.63, 3.8) is 0 Å². The molecule has 0 aromatic heterocycles. The van der Waals surface area contributed by atoms with Crippen LogP contribution in [-0.4, -0.2) is 58.2 Å². The average Bonchev–Trinajstić information content (AvgIpc) is 3.19. The molecule has 0 unspecified atom stereocenters. The molecule has 2 amide bonds. The van der Waals surface area contributed by atoms with Gasteiger partial charge in [0.15, 0.2) is 6.16 Å². The number of β-lactam (4-membered cyclic amide) rings is 1. The van der Waals surface area contributed by atoms with E-state index in [0.29, 0.717) is 0 Å². The average molecular weight is 534 g/mol. The molecule has 3 aromatic carbocycles. The fraction of sp³-hybridized carbons (Fsp3) is 0.276. The van der Waals surface area contributed by atoms with Gasteiger partial charge in [-0.2, -0.15) is 0 Å². The topological polar surface area (TPSA) is 75.7 Å². The van der Waals surface area contributed by atoms with E-state index in [-0.39, 0.29) is 23.4 Å². The Morgan fingerprint density at radius 1 is 0.892 bits per heavy atom. The van der Waals surface area contributed by atoms with Gasteiger partial charge in [-0.3, -0.25) is 9.59 Å². The highest BCUT2D eigenvalue weighted by molar-refractivity contribution is 8.01. The number of carbonyl (C=O) groups is 3. The quantitative estimate of drug-likeness (QED) is 0.287. The maximum absolute atomic E-state index is 13.8. The second-order valence-electron chi connectivity index (χ2n) is 9.80. The van der Waals surface area contributed by atoms with Gasteiger partial charge in [0.1, 0.15) is 40.6 Å². The monoisotopic (exact) mass is 533 g/mol. The lowest BCUT2D eigenvalue weighted by atomic mass is 9.96. The van der Waals surface area contributed by atoms with E-state index in [1.54, 1.807) is 4.90 Å². The van der Waals surface area contributed by atoms with Crippen molar-refractivity contribution in [2.45, 2.75) is 36.1 Å². The summed E-state index contributed by atoms with van der Waals surface area (Å²) in [5.41, 5.74) is 0. The van der Waals surface area contributed by atoms with Gasteiger partial charge >= 0.3 is 5.97 Å². The molecule has 2 aliphatic rings. The molecule has 0 spiro atoms. The Morgan fingerprint density at radius 2 is 1.35 bits per heavy atom. The smallest absolute Gasteiger partial charge is 0.330 e. The summed E-state index contributed by atoms with van der Waals surface area (Å²) in [7, 11) is -1.04. The Kier molecular flexibility index (Phi) is 6.86. The lowest BCUT2D eigenvalue weighted by Gasteiger charge is -2.44. The van der Waals surface area contributed by atoms with Gasteiger partial charge in [-0.15, -0.1) is 11.8 Å². The molecule has 6 nitrogen and oxygen atoms in total. The van der Waals surface area contributed by atoms with Gasteiger partial charge in [-0.05, 0) is 50.2 Å². The third kappa shape index (κ3) is 4.34. The molecule has 1 N–H and O–H groups in total. The number of hydrogen-bond donors (Lipinski definition) is 1. The summed E-state index contributed by atoms with van der Waals surface area (Å²) in [5, 5.41) is 6.05. The summed E-state index contributed by atoms with van der Waals surface area (Å²) in [5.74, 6) is -0.849. The number of fused-ring (bicyclic) bond motifs is 1. The van der Waals surface area contributed by atoms with Crippen molar-refractivity contribution in [3.8, 4) is 0 Å². The zero-order valence-electron chi connectivity index (χ0n) is 21.0. The van der Waals surface area contributed by atoms with Gasteiger partial charge in [-0.25, -0.2) is 4.79 Å². The summed E-state index contributed by atoms with van der Waals surface area (Å²) >= 11 is 1.53. The molecule has 0 radical (unpaired) electrons. The van der Waals surface area contributed by atoms with E-state index in [1.807, 2.05) is 68.4 Å². The molecule has 3 atom stereocenters. The molecule has 2 heterocycles. The van der Waals surface area contributed by atoms with Crippen LogP contribution in [0.3, 0.4) is 0 Å². The predicted octanol–water partition coefficient (Wildman–Crippen LogP) is 2.70. The second-order valence-corrected chi connectivity index (χ2v) is 15.1. The third-order valence-corrected chi connectivity index (χ3v) is 13.0. The molecule has 5 rings (SSSR count). The summed E-state index contributed by atoms with van der Waals surface area (Å²) in [6.07, 6.45) is 0.232. The number of amides is 2. The van der Waals surface area contributed by atoms with Crippen molar-refractivity contribution < 1.29 is 19.1 Å². The molecule has 190 valence electrons. The van der Waals surface area contributed by atoms with Crippen molar-refractivity contribution >= 4 is 52.7 Å². The van der Waals surface area contributed by atoms with Gasteiger partial charge in [-0.1, -0.05) is 54.6 Å². The van der Waals surface area contributed by atoms with Crippen LogP contribution in [0.4, 0.5) is 0 Å². The molecule has 2 saturated heterocycles. The molecule has 2 fully saturated rings. The zero-order chi connectivity index (χ0) is 26.2. The van der Waals surface area contributed by atoms with Gasteiger partial charge in [0.05, 0.1) is 7.11 Å². The van der Waals surface area contributed by atoms with E-state index in [1.165, 1.54) is 18.9 Å². The van der Waals surface area contributed by atoms with E-state index in [9.17, 15) is 14.4 Å². The number of benzene rings is 3. The number of rotatable bonds is 7. The number of esters is 1. The van der Waals surface area contributed by atoms with Crippen LogP contribution in [0.15, 0.2) is 91.0 Å². The Bertz CT molecular complexity index is 1210. The lowest BCUT2D eigenvalue weighted by Crippen LogP contribution is -2.71. The van der Waals surface area contributed by atoms with Crippen molar-refractivity contribution in [2.24, 2.45) is 0 Å². The largest absolute Gasteiger partial charge is 0.467 e. The van der Waals surface area contributed by atoms with Gasteiger partial charge in [0.25, 0.3) is 5.91 Å². The number of methoxy groups -OCH3 is 1. The fourth-order valence-corrected chi connectivity index (χ4v) is 11.1. The Morgan fingerprint density at radius 3 is 1.78 bits per heavy atom. The van der Waals surface area contributed by atoms with Gasteiger partial charge in [0.2, 0.25) is 5.91 Å². The normalized spacial score (nSPS) is 22.1. The van der Waals surface area contributed by atoms with Crippen LogP contribution < -0.4 is 21.2 Å². The molecule has 8 heteroatoms. The van der Waals surface area contributed by atoms with Crippen LogP contribution in [0.2, 0.25) is 0 Å². The number of nitrogens with one attached hydrogen (secondary N) is 1. The first-order valence-corrected chi connectivity index (χ1v) is 15.1. The second kappa shape index (κ2) is 9.96. The fourth-order valence-electron chi connectivity index (χ4n) is 5.44. The molecule has 0 bridgehead atoms. The van der Waals surface area contributed by atoms with Crippen LogP contribution >= 0.6 is 19.0 Å². The molecule has 0 aliphatic carbocycles. The number of ether oxygens (including phenoxy) is 1. The van der Waals surface area contributed by atoms with Crippen LogP contribution in [-0.2, 0) is 19.1 Å². The lowest BCUT2D eigenvalue weighted by molar-refractivity contribution is -0.162. The highest BCUT2D eigenvalue weighted by Crippen LogP contribution is 2.55. The van der Waals surface area contributed by atoms with Crippen LogP contribution in [0.25, 0.3) is 0 Å². The first kappa shape index (κ1) is 25.5. The first-order chi connectivity index (χ1) is 17.8.